The Morgan fingerprint density at radius 2 is 1.62 bits per heavy atom. The lowest BCUT2D eigenvalue weighted by Crippen LogP contribution is -2.22. The summed E-state index contributed by atoms with van der Waals surface area (Å²) in [6.45, 7) is 3.09. The standard InChI is InChI=1S/C23H32N2O4/c1-4-5-6-7-8-15-29-19-11-9-18(10-12-19)24-17-23(26)25-21-16-20(27-2)13-14-22(21)28-3/h9-14,16,24H,4-8,15,17H2,1-3H3,(H,25,26). The molecule has 0 aliphatic carbocycles. The van der Waals surface area contributed by atoms with Crippen LogP contribution in [0.25, 0.3) is 0 Å². The highest BCUT2D eigenvalue weighted by atomic mass is 16.5. The first-order valence-corrected chi connectivity index (χ1v) is 10.1. The summed E-state index contributed by atoms with van der Waals surface area (Å²) in [5.41, 5.74) is 1.43. The SMILES string of the molecule is CCCCCCCOc1ccc(NCC(=O)Nc2cc(OC)ccc2OC)cc1. The summed E-state index contributed by atoms with van der Waals surface area (Å²) in [5.74, 6) is 1.89. The average molecular weight is 401 g/mol. The molecular formula is C23H32N2O4. The molecule has 158 valence electrons. The van der Waals surface area contributed by atoms with Gasteiger partial charge in [0.05, 0.1) is 33.1 Å². The van der Waals surface area contributed by atoms with Crippen molar-refractivity contribution >= 4 is 17.3 Å². The molecule has 29 heavy (non-hydrogen) atoms. The molecule has 0 aliphatic rings. The van der Waals surface area contributed by atoms with E-state index >= 15 is 0 Å². The number of rotatable bonds is 13. The second kappa shape index (κ2) is 12.5. The Labute approximate surface area is 173 Å². The molecule has 0 unspecified atom stereocenters. The van der Waals surface area contributed by atoms with Crippen LogP contribution in [0.3, 0.4) is 0 Å². The molecule has 2 N–H and O–H groups in total. The van der Waals surface area contributed by atoms with Crippen molar-refractivity contribution in [3.05, 3.63) is 42.5 Å². The van der Waals surface area contributed by atoms with Crippen molar-refractivity contribution in [1.29, 1.82) is 0 Å². The van der Waals surface area contributed by atoms with Gasteiger partial charge in [0.1, 0.15) is 17.2 Å². The first kappa shape index (κ1) is 22.4. The number of hydrogen-bond donors (Lipinski definition) is 2. The second-order valence-corrected chi connectivity index (χ2v) is 6.75. The van der Waals surface area contributed by atoms with Gasteiger partial charge in [-0.15, -0.1) is 0 Å². The Bertz CT molecular complexity index is 747. The Hall–Kier alpha value is -2.89. The summed E-state index contributed by atoms with van der Waals surface area (Å²) in [6.07, 6.45) is 6.10. The quantitative estimate of drug-likeness (QED) is 0.458. The molecule has 0 spiro atoms. The van der Waals surface area contributed by atoms with E-state index in [9.17, 15) is 4.79 Å². The summed E-state index contributed by atoms with van der Waals surface area (Å²) in [5, 5.41) is 5.94. The lowest BCUT2D eigenvalue weighted by atomic mass is 10.2. The number of anilines is 2. The molecule has 0 aromatic heterocycles. The number of amides is 1. The first-order chi connectivity index (χ1) is 14.2. The molecule has 2 aromatic rings. The van der Waals surface area contributed by atoms with Crippen molar-refractivity contribution in [3.8, 4) is 17.2 Å². The largest absolute Gasteiger partial charge is 0.497 e. The van der Waals surface area contributed by atoms with Gasteiger partial charge in [0.2, 0.25) is 5.91 Å². The topological polar surface area (TPSA) is 68.8 Å². The Morgan fingerprint density at radius 1 is 0.897 bits per heavy atom. The van der Waals surface area contributed by atoms with Gasteiger partial charge >= 0.3 is 0 Å². The van der Waals surface area contributed by atoms with E-state index in [-0.39, 0.29) is 12.5 Å². The van der Waals surface area contributed by atoms with Gasteiger partial charge in [0.15, 0.2) is 0 Å². The maximum atomic E-state index is 12.3. The van der Waals surface area contributed by atoms with Crippen molar-refractivity contribution in [3.63, 3.8) is 0 Å². The lowest BCUT2D eigenvalue weighted by Gasteiger charge is -2.13. The summed E-state index contributed by atoms with van der Waals surface area (Å²) < 4.78 is 16.2. The zero-order chi connectivity index (χ0) is 20.9. The van der Waals surface area contributed by atoms with Crippen LogP contribution in [0.1, 0.15) is 39.0 Å². The van der Waals surface area contributed by atoms with Crippen LogP contribution in [0.4, 0.5) is 11.4 Å². The van der Waals surface area contributed by atoms with Crippen LogP contribution in [0.15, 0.2) is 42.5 Å². The van der Waals surface area contributed by atoms with Crippen LogP contribution in [0, 0.1) is 0 Å². The Kier molecular flexibility index (Phi) is 9.69. The van der Waals surface area contributed by atoms with Crippen LogP contribution in [0.5, 0.6) is 17.2 Å². The normalized spacial score (nSPS) is 10.3. The van der Waals surface area contributed by atoms with E-state index in [4.69, 9.17) is 14.2 Å². The van der Waals surface area contributed by atoms with Gasteiger partial charge in [-0.05, 0) is 42.8 Å². The Morgan fingerprint density at radius 3 is 2.31 bits per heavy atom. The molecule has 0 saturated carbocycles. The molecule has 0 saturated heterocycles. The lowest BCUT2D eigenvalue weighted by molar-refractivity contribution is -0.114. The summed E-state index contributed by atoms with van der Waals surface area (Å²) in [4.78, 5) is 12.3. The molecule has 0 atom stereocenters. The highest BCUT2D eigenvalue weighted by Gasteiger charge is 2.09. The van der Waals surface area contributed by atoms with E-state index in [0.29, 0.717) is 17.2 Å². The molecule has 6 heteroatoms. The highest BCUT2D eigenvalue weighted by Crippen LogP contribution is 2.28. The van der Waals surface area contributed by atoms with E-state index in [1.165, 1.54) is 25.7 Å². The van der Waals surface area contributed by atoms with Crippen molar-refractivity contribution in [2.75, 3.05) is 38.0 Å². The van der Waals surface area contributed by atoms with Crippen molar-refractivity contribution in [2.24, 2.45) is 0 Å². The van der Waals surface area contributed by atoms with Crippen molar-refractivity contribution in [1.82, 2.24) is 0 Å². The van der Waals surface area contributed by atoms with E-state index < -0.39 is 0 Å². The van der Waals surface area contributed by atoms with Gasteiger partial charge in [-0.25, -0.2) is 0 Å². The van der Waals surface area contributed by atoms with E-state index in [1.807, 2.05) is 24.3 Å². The maximum Gasteiger partial charge on any atom is 0.243 e. The van der Waals surface area contributed by atoms with Crippen molar-refractivity contribution < 1.29 is 19.0 Å². The number of unbranched alkanes of at least 4 members (excludes halogenated alkanes) is 4. The maximum absolute atomic E-state index is 12.3. The van der Waals surface area contributed by atoms with Gasteiger partial charge in [0.25, 0.3) is 0 Å². The van der Waals surface area contributed by atoms with Gasteiger partial charge in [-0.2, -0.15) is 0 Å². The van der Waals surface area contributed by atoms with E-state index in [2.05, 4.69) is 17.6 Å². The zero-order valence-electron chi connectivity index (χ0n) is 17.6. The van der Waals surface area contributed by atoms with Gasteiger partial charge in [-0.1, -0.05) is 32.6 Å². The number of carbonyl (C=O) groups excluding carboxylic acids is 1. The molecule has 1 amide bonds. The number of benzene rings is 2. The van der Waals surface area contributed by atoms with Crippen LogP contribution in [0.2, 0.25) is 0 Å². The minimum absolute atomic E-state index is 0.137. The second-order valence-electron chi connectivity index (χ2n) is 6.75. The molecule has 0 bridgehead atoms. The van der Waals surface area contributed by atoms with Crippen LogP contribution < -0.4 is 24.8 Å². The van der Waals surface area contributed by atoms with Crippen molar-refractivity contribution in [2.45, 2.75) is 39.0 Å². The molecule has 0 heterocycles. The summed E-state index contributed by atoms with van der Waals surface area (Å²) in [7, 11) is 3.14. The number of nitrogens with one attached hydrogen (secondary N) is 2. The fourth-order valence-corrected chi connectivity index (χ4v) is 2.85. The van der Waals surface area contributed by atoms with Crippen LogP contribution >= 0.6 is 0 Å². The first-order valence-electron chi connectivity index (χ1n) is 10.1. The number of ether oxygens (including phenoxy) is 3. The molecule has 0 radical (unpaired) electrons. The summed E-state index contributed by atoms with van der Waals surface area (Å²) >= 11 is 0. The van der Waals surface area contributed by atoms with Gasteiger partial charge in [-0.3, -0.25) is 4.79 Å². The third-order valence-corrected chi connectivity index (χ3v) is 4.50. The molecule has 6 nitrogen and oxygen atoms in total. The molecular weight excluding hydrogens is 368 g/mol. The van der Waals surface area contributed by atoms with E-state index in [0.717, 1.165) is 24.5 Å². The van der Waals surface area contributed by atoms with Crippen LogP contribution in [-0.2, 0) is 4.79 Å². The fourth-order valence-electron chi connectivity index (χ4n) is 2.85. The minimum Gasteiger partial charge on any atom is -0.497 e. The fraction of sp³-hybridized carbons (Fsp3) is 0.435. The third kappa shape index (κ3) is 7.94. The van der Waals surface area contributed by atoms with Crippen LogP contribution in [-0.4, -0.2) is 33.3 Å². The van der Waals surface area contributed by atoms with Gasteiger partial charge < -0.3 is 24.8 Å². The molecule has 0 fully saturated rings. The van der Waals surface area contributed by atoms with Gasteiger partial charge in [0, 0.05) is 11.8 Å². The third-order valence-electron chi connectivity index (χ3n) is 4.50. The average Bonchev–Trinajstić information content (AvgIpc) is 2.75. The molecule has 2 aromatic carbocycles. The monoisotopic (exact) mass is 400 g/mol. The molecule has 2 rings (SSSR count). The molecule has 0 aliphatic heterocycles. The highest BCUT2D eigenvalue weighted by molar-refractivity contribution is 5.95. The smallest absolute Gasteiger partial charge is 0.243 e. The number of carbonyl (C=O) groups is 1. The number of hydrogen-bond acceptors (Lipinski definition) is 5. The van der Waals surface area contributed by atoms with E-state index in [1.54, 1.807) is 32.4 Å². The Balaban J connectivity index is 1.76. The zero-order valence-corrected chi connectivity index (χ0v) is 17.6. The predicted octanol–water partition coefficient (Wildman–Crippen LogP) is 5.10. The minimum atomic E-state index is -0.177. The summed E-state index contributed by atoms with van der Waals surface area (Å²) in [6, 6.07) is 12.9. The predicted molar refractivity (Wildman–Crippen MR) is 117 cm³/mol. The number of methoxy groups -OCH3 is 2.